The van der Waals surface area contributed by atoms with Crippen LogP contribution in [0.3, 0.4) is 0 Å². The molecular formula is C84H93Cl7FIN16O14. The molecule has 0 fully saturated rings. The number of pyridine rings is 6. The first-order chi connectivity index (χ1) is 57.8. The molecule has 0 saturated heterocycles. The van der Waals surface area contributed by atoms with Crippen LogP contribution in [-0.2, 0) is 25.6 Å². The number of nitrogens with two attached hydrogens (primary N) is 1. The first-order valence-corrected chi connectivity index (χ1v) is 40.8. The summed E-state index contributed by atoms with van der Waals surface area (Å²) in [6.07, 6.45) is 0. The molecule has 30 nitrogen and oxygen atoms in total. The number of anilines is 8. The SMILES string of the molecule is CCOC(=O)CI.CCOC(=O)Cn1c2nc(C)ccc2c(=O)c2ccc(Cl)c(N(C)C)c21.CN(C)c1c(Cl)cccc1[N+](=O)[O-].CN(C)c1c(N)cccc1Cl.CNC.Cc1ccc(C(=O)O)c(Cl)n1.Cc1ccc(C(=O)O)c(Nc2cccc(Cl)c2N(C)C)n1.Cc1ccc2c(=O)c3ccc(Cl)c(N(C)C)c3[nH]c2n1.O=[N+]([O-])c1cccc(Cl)c1F. The number of nitro groups is 2. The number of hydrogen-bond donors (Lipinski definition) is 6. The number of ether oxygens (including phenoxy) is 2. The highest BCUT2D eigenvalue weighted by Crippen LogP contribution is 2.38. The lowest BCUT2D eigenvalue weighted by Crippen LogP contribution is -2.21. The fraction of sp³-hybridized carbons (Fsp3) is 0.262. The van der Waals surface area contributed by atoms with Crippen LogP contribution in [0.5, 0.6) is 0 Å². The van der Waals surface area contributed by atoms with Crippen molar-refractivity contribution in [3.63, 3.8) is 0 Å². The van der Waals surface area contributed by atoms with Crippen LogP contribution >= 0.6 is 104 Å². The maximum absolute atomic E-state index is 13.0. The van der Waals surface area contributed by atoms with Gasteiger partial charge in [0.1, 0.15) is 40.1 Å². The molecule has 123 heavy (non-hydrogen) atoms. The molecule has 0 aliphatic rings. The number of carbonyl (C=O) groups is 4. The molecule has 6 aromatic carbocycles. The molecule has 12 aromatic rings. The smallest absolute Gasteiger partial charge is 0.339 e. The van der Waals surface area contributed by atoms with Crippen molar-refractivity contribution >= 4 is 229 Å². The van der Waals surface area contributed by atoms with Crippen LogP contribution in [-0.4, -0.2) is 176 Å². The number of carboxylic acid groups (broad SMARTS) is 2. The highest BCUT2D eigenvalue weighted by Gasteiger charge is 2.24. The van der Waals surface area contributed by atoms with Gasteiger partial charge in [0.2, 0.25) is 5.82 Å². The van der Waals surface area contributed by atoms with Crippen molar-refractivity contribution in [3.8, 4) is 0 Å². The van der Waals surface area contributed by atoms with E-state index in [2.05, 4.69) is 40.3 Å². The highest BCUT2D eigenvalue weighted by atomic mass is 127. The molecule has 6 heterocycles. The van der Waals surface area contributed by atoms with Gasteiger partial charge in [0.05, 0.1) is 119 Å². The Morgan fingerprint density at radius 3 is 1.40 bits per heavy atom. The third-order valence-electron chi connectivity index (χ3n) is 16.3. The number of aromatic nitrogens is 6. The fourth-order valence-corrected chi connectivity index (χ4v) is 13.5. The number of alkyl halides is 1. The minimum Gasteiger partial charge on any atom is -0.478 e. The van der Waals surface area contributed by atoms with Gasteiger partial charge < -0.3 is 70.1 Å². The second kappa shape index (κ2) is 49.8. The van der Waals surface area contributed by atoms with E-state index >= 15 is 0 Å². The number of aryl methyl sites for hydroxylation is 4. The van der Waals surface area contributed by atoms with Crippen molar-refractivity contribution in [2.24, 2.45) is 0 Å². The first kappa shape index (κ1) is 104. The van der Waals surface area contributed by atoms with Gasteiger partial charge in [0, 0.05) is 116 Å². The van der Waals surface area contributed by atoms with Crippen LogP contribution in [0.15, 0.2) is 155 Å². The number of nitro benzene ring substituents is 2. The number of H-pyrrole nitrogens is 1. The number of hydrogen-bond acceptors (Lipinski definition) is 24. The van der Waals surface area contributed by atoms with Gasteiger partial charge in [-0.25, -0.2) is 29.5 Å². The molecule has 12 rings (SSSR count). The lowest BCUT2D eigenvalue weighted by molar-refractivity contribution is -0.387. The number of nitrogen functional groups attached to an aromatic ring is 1. The van der Waals surface area contributed by atoms with Crippen LogP contribution in [0.2, 0.25) is 35.3 Å². The molecule has 0 amide bonds. The Balaban J connectivity index is 0.000000302. The molecular weight excluding hydrogens is 1850 g/mol. The maximum atomic E-state index is 13.0. The number of carboxylic acids is 2. The number of esters is 2. The van der Waals surface area contributed by atoms with E-state index in [9.17, 15) is 58.5 Å². The van der Waals surface area contributed by atoms with Crippen molar-refractivity contribution < 1.29 is 53.1 Å². The van der Waals surface area contributed by atoms with Crippen LogP contribution in [0.4, 0.5) is 61.4 Å². The fourth-order valence-electron chi connectivity index (χ4n) is 11.2. The van der Waals surface area contributed by atoms with Crippen LogP contribution < -0.4 is 51.7 Å². The molecule has 0 aliphatic carbocycles. The largest absolute Gasteiger partial charge is 0.478 e. The van der Waals surface area contributed by atoms with E-state index < -0.39 is 39.3 Å². The van der Waals surface area contributed by atoms with E-state index in [1.165, 1.54) is 30.3 Å². The van der Waals surface area contributed by atoms with Crippen molar-refractivity contribution in [1.29, 1.82) is 0 Å². The summed E-state index contributed by atoms with van der Waals surface area (Å²) in [6.45, 7) is 11.6. The maximum Gasteiger partial charge on any atom is 0.339 e. The molecule has 0 aliphatic heterocycles. The Morgan fingerprint density at radius 2 is 0.927 bits per heavy atom. The summed E-state index contributed by atoms with van der Waals surface area (Å²) in [5.41, 5.74) is 15.5. The normalized spacial score (nSPS) is 10.2. The zero-order valence-corrected chi connectivity index (χ0v) is 77.8. The van der Waals surface area contributed by atoms with Crippen molar-refractivity contribution in [3.05, 3.63) is 261 Å². The molecule has 0 bridgehead atoms. The summed E-state index contributed by atoms with van der Waals surface area (Å²) in [5.74, 6) is -3.30. The molecule has 7 N–H and O–H groups in total. The summed E-state index contributed by atoms with van der Waals surface area (Å²) in [7, 11) is 22.2. The van der Waals surface area contributed by atoms with Crippen LogP contribution in [0, 0.1) is 53.7 Å². The lowest BCUT2D eigenvalue weighted by atomic mass is 10.1. The van der Waals surface area contributed by atoms with E-state index in [-0.39, 0.29) is 57.0 Å². The Hall–Kier alpha value is -11.2. The summed E-state index contributed by atoms with van der Waals surface area (Å²) in [6, 6.07) is 39.5. The summed E-state index contributed by atoms with van der Waals surface area (Å²) < 4.78 is 24.5. The zero-order chi connectivity index (χ0) is 92.7. The third-order valence-corrected chi connectivity index (χ3v) is 19.0. The average molecular weight is 1940 g/mol. The molecule has 39 heteroatoms. The average Bonchev–Trinajstić information content (AvgIpc) is 0.742. The third kappa shape index (κ3) is 29.5. The number of halogens is 9. The van der Waals surface area contributed by atoms with Gasteiger partial charge in [-0.05, 0) is 165 Å². The van der Waals surface area contributed by atoms with Gasteiger partial charge in [0.15, 0.2) is 10.9 Å². The lowest BCUT2D eigenvalue weighted by Gasteiger charge is -2.22. The standard InChI is InChI=1S/C19H20ClN3O3.C15H16ClN3O2.C15H14ClN3O.C8H9ClN2O2.C8H11ClN2.C7H6ClNO2.C6H3ClFNO2.C4H7IO2.C2H7N/c1-5-26-15(24)10-23-16-12(8-9-14(20)17(16)22(3)4)18(25)13-7-6-11(2)21-19(13)23;1-9-7-8-10(15(20)21)14(17-9)18-12-6-4-5-11(16)13(12)19(2)3;1-8-4-5-10-14(20)9-6-7-11(16)13(19(2)3)12(9)18-15(10)17-8;1-10(2)8-6(9)4-3-5-7(8)11(12)13;1-11(2)8-6(9)4-3-5-7(8)10;1-4-2-3-5(7(10)11)6(8)9-4;7-4-2-1-3-5(6(4)8)9(10)11;1-2-7-4(6)3-5;1-3-2/h6-9H,5,10H2,1-4H3;4-8H,1-3H3,(H,17,18)(H,20,21);4-7H,1-3H3,(H,17,18,20);3-5H,1-2H3;3-5H,10H2,1-2H3;2-3H,1H3,(H,10,11);1-3H;2-3H2,1H3;3H,1-2H3. The Labute approximate surface area is 758 Å². The van der Waals surface area contributed by atoms with Gasteiger partial charge in [-0.2, -0.15) is 4.39 Å². The summed E-state index contributed by atoms with van der Waals surface area (Å²) >= 11 is 43.4. The number of fused-ring (bicyclic) bond motifs is 4. The Bertz CT molecular complexity index is 5870. The van der Waals surface area contributed by atoms with Crippen LogP contribution in [0.25, 0.3) is 43.9 Å². The highest BCUT2D eigenvalue weighted by molar-refractivity contribution is 14.1. The van der Waals surface area contributed by atoms with Crippen LogP contribution in [0.1, 0.15) is 57.3 Å². The van der Waals surface area contributed by atoms with Gasteiger partial charge >= 0.3 is 29.6 Å². The number of nitrogens with zero attached hydrogens (tertiary/aromatic N) is 12. The topological polar surface area (TPSA) is 386 Å². The molecule has 0 spiro atoms. The number of carbonyl (C=O) groups excluding carboxylic acids is 2. The van der Waals surface area contributed by atoms with Crippen molar-refractivity contribution in [2.45, 2.75) is 48.1 Å². The molecule has 0 unspecified atom stereocenters. The predicted molar refractivity (Wildman–Crippen MR) is 505 cm³/mol. The number of para-hydroxylation sites is 3. The van der Waals surface area contributed by atoms with E-state index in [4.69, 9.17) is 96.8 Å². The second-order valence-corrected chi connectivity index (χ2v) is 30.3. The number of aromatic amines is 1. The van der Waals surface area contributed by atoms with Crippen molar-refractivity contribution in [2.75, 3.05) is 138 Å². The van der Waals surface area contributed by atoms with E-state index in [0.29, 0.717) is 109 Å². The Morgan fingerprint density at radius 1 is 0.512 bits per heavy atom. The molecule has 0 saturated carbocycles. The molecule has 656 valence electrons. The van der Waals surface area contributed by atoms with Gasteiger partial charge in [-0.3, -0.25) is 39.4 Å². The quantitative estimate of drug-likeness (QED) is 0.00764. The predicted octanol–water partition coefficient (Wildman–Crippen LogP) is 19.0. The zero-order valence-electron chi connectivity index (χ0n) is 70.3. The Kier molecular flexibility index (Phi) is 42.1. The minimum absolute atomic E-state index is 0.0255. The number of aromatic carboxylic acids is 2. The summed E-state index contributed by atoms with van der Waals surface area (Å²) in [5, 5.41) is 49.0. The van der Waals surface area contributed by atoms with E-state index in [1.807, 2.05) is 164 Å². The van der Waals surface area contributed by atoms with E-state index in [0.717, 1.165) is 45.7 Å². The number of benzene rings is 6. The number of rotatable bonds is 16. The molecule has 0 radical (unpaired) electrons. The monoisotopic (exact) mass is 1940 g/mol. The van der Waals surface area contributed by atoms with Gasteiger partial charge in [-0.15, -0.1) is 0 Å². The van der Waals surface area contributed by atoms with E-state index in [1.54, 1.807) is 123 Å². The minimum atomic E-state index is -1.05. The van der Waals surface area contributed by atoms with Gasteiger partial charge in [0.25, 0.3) is 5.69 Å². The number of nitrogens with one attached hydrogen (secondary N) is 3. The second-order valence-electron chi connectivity index (χ2n) is 26.8. The molecule has 0 atom stereocenters. The molecule has 6 aromatic heterocycles. The first-order valence-electron chi connectivity index (χ1n) is 36.6. The summed E-state index contributed by atoms with van der Waals surface area (Å²) in [4.78, 5) is 118. The van der Waals surface area contributed by atoms with Crippen molar-refractivity contribution in [1.82, 2.24) is 34.8 Å². The van der Waals surface area contributed by atoms with Gasteiger partial charge in [-0.1, -0.05) is 128 Å².